The molecule has 0 amide bonds. The third-order valence-electron chi connectivity index (χ3n) is 1.74. The second kappa shape index (κ2) is 4.43. The standard InChI is InChI=1S/C11H9FO2/c1-3-5-9(13)11-8(12)6-4-7-10(11)14-2/h1,4,6-7H,5H2,2H3. The fourth-order valence-electron chi connectivity index (χ4n) is 1.13. The topological polar surface area (TPSA) is 26.3 Å². The average Bonchev–Trinajstić information content (AvgIpc) is 2.17. The van der Waals surface area contributed by atoms with Crippen LogP contribution in [0.25, 0.3) is 0 Å². The van der Waals surface area contributed by atoms with Crippen LogP contribution in [0.15, 0.2) is 18.2 Å². The normalized spacial score (nSPS) is 9.21. The van der Waals surface area contributed by atoms with E-state index in [0.29, 0.717) is 0 Å². The minimum atomic E-state index is -0.607. The van der Waals surface area contributed by atoms with Gasteiger partial charge in [0.15, 0.2) is 5.78 Å². The minimum absolute atomic E-state index is 0.0760. The van der Waals surface area contributed by atoms with Gasteiger partial charge >= 0.3 is 0 Å². The summed E-state index contributed by atoms with van der Waals surface area (Å²) in [7, 11) is 1.38. The second-order valence-electron chi connectivity index (χ2n) is 2.62. The Bertz CT molecular complexity index is 391. The van der Waals surface area contributed by atoms with E-state index in [1.54, 1.807) is 0 Å². The summed E-state index contributed by atoms with van der Waals surface area (Å²) >= 11 is 0. The lowest BCUT2D eigenvalue weighted by molar-refractivity contribution is 0.0991. The van der Waals surface area contributed by atoms with Gasteiger partial charge in [0.25, 0.3) is 0 Å². The van der Waals surface area contributed by atoms with Crippen molar-refractivity contribution in [1.29, 1.82) is 0 Å². The van der Waals surface area contributed by atoms with Crippen molar-refractivity contribution in [2.24, 2.45) is 0 Å². The third-order valence-corrected chi connectivity index (χ3v) is 1.74. The van der Waals surface area contributed by atoms with Gasteiger partial charge in [-0.3, -0.25) is 4.79 Å². The van der Waals surface area contributed by atoms with Crippen molar-refractivity contribution in [2.45, 2.75) is 6.42 Å². The highest BCUT2D eigenvalue weighted by molar-refractivity contribution is 6.00. The largest absolute Gasteiger partial charge is 0.496 e. The lowest BCUT2D eigenvalue weighted by atomic mass is 10.1. The van der Waals surface area contributed by atoms with Crippen molar-refractivity contribution >= 4 is 5.78 Å². The number of ketones is 1. The van der Waals surface area contributed by atoms with Gasteiger partial charge in [0.2, 0.25) is 0 Å². The first kappa shape index (κ1) is 10.3. The van der Waals surface area contributed by atoms with Gasteiger partial charge in [-0.25, -0.2) is 4.39 Å². The van der Waals surface area contributed by atoms with E-state index in [0.717, 1.165) is 0 Å². The molecule has 1 rings (SSSR count). The zero-order chi connectivity index (χ0) is 10.6. The fraction of sp³-hybridized carbons (Fsp3) is 0.182. The van der Waals surface area contributed by atoms with Crippen LogP contribution in [0.5, 0.6) is 5.75 Å². The average molecular weight is 192 g/mol. The molecule has 0 aliphatic heterocycles. The van der Waals surface area contributed by atoms with E-state index in [-0.39, 0.29) is 17.7 Å². The quantitative estimate of drug-likeness (QED) is 0.541. The van der Waals surface area contributed by atoms with E-state index in [2.05, 4.69) is 5.92 Å². The second-order valence-corrected chi connectivity index (χ2v) is 2.62. The van der Waals surface area contributed by atoms with E-state index in [4.69, 9.17) is 11.2 Å². The number of benzene rings is 1. The van der Waals surface area contributed by atoms with Crippen molar-refractivity contribution in [3.63, 3.8) is 0 Å². The van der Waals surface area contributed by atoms with Crippen molar-refractivity contribution < 1.29 is 13.9 Å². The van der Waals surface area contributed by atoms with Crippen LogP contribution in [-0.4, -0.2) is 12.9 Å². The lowest BCUT2D eigenvalue weighted by Crippen LogP contribution is -2.04. The Balaban J connectivity index is 3.18. The van der Waals surface area contributed by atoms with Crippen LogP contribution in [0.4, 0.5) is 4.39 Å². The van der Waals surface area contributed by atoms with Crippen LogP contribution < -0.4 is 4.74 Å². The fourth-order valence-corrected chi connectivity index (χ4v) is 1.13. The number of hydrogen-bond donors (Lipinski definition) is 0. The van der Waals surface area contributed by atoms with Crippen molar-refractivity contribution in [3.8, 4) is 18.1 Å². The smallest absolute Gasteiger partial charge is 0.181 e. The first-order chi connectivity index (χ1) is 6.70. The summed E-state index contributed by atoms with van der Waals surface area (Å²) in [6.45, 7) is 0. The van der Waals surface area contributed by atoms with E-state index in [9.17, 15) is 9.18 Å². The number of hydrogen-bond acceptors (Lipinski definition) is 2. The zero-order valence-corrected chi connectivity index (χ0v) is 7.71. The molecule has 0 radical (unpaired) electrons. The molecule has 0 aromatic heterocycles. The Kier molecular flexibility index (Phi) is 3.24. The molecule has 0 saturated carbocycles. The molecule has 1 aromatic carbocycles. The molecule has 0 fully saturated rings. The minimum Gasteiger partial charge on any atom is -0.496 e. The van der Waals surface area contributed by atoms with E-state index in [1.165, 1.54) is 25.3 Å². The third kappa shape index (κ3) is 1.91. The summed E-state index contributed by atoms with van der Waals surface area (Å²) < 4.78 is 18.1. The Morgan fingerprint density at radius 1 is 1.64 bits per heavy atom. The molecule has 0 heterocycles. The SMILES string of the molecule is C#CCC(=O)c1c(F)cccc1OC. The Hall–Kier alpha value is -1.82. The number of terminal acetylenes is 1. The summed E-state index contributed by atoms with van der Waals surface area (Å²) in [4.78, 5) is 11.4. The monoisotopic (exact) mass is 192 g/mol. The molecular formula is C11H9FO2. The van der Waals surface area contributed by atoms with Gasteiger partial charge in [0.05, 0.1) is 19.1 Å². The lowest BCUT2D eigenvalue weighted by Gasteiger charge is -2.06. The van der Waals surface area contributed by atoms with Crippen LogP contribution in [0.3, 0.4) is 0 Å². The number of methoxy groups -OCH3 is 1. The number of halogens is 1. The van der Waals surface area contributed by atoms with Gasteiger partial charge in [0, 0.05) is 0 Å². The van der Waals surface area contributed by atoms with E-state index in [1.807, 2.05) is 0 Å². The van der Waals surface area contributed by atoms with Gasteiger partial charge in [-0.05, 0) is 12.1 Å². The number of carbonyl (C=O) groups is 1. The summed E-state index contributed by atoms with van der Waals surface area (Å²) in [5.41, 5.74) is -0.0760. The van der Waals surface area contributed by atoms with Crippen molar-refractivity contribution in [3.05, 3.63) is 29.6 Å². The molecule has 0 atom stereocenters. The molecule has 3 heteroatoms. The highest BCUT2D eigenvalue weighted by atomic mass is 19.1. The highest BCUT2D eigenvalue weighted by Gasteiger charge is 2.15. The van der Waals surface area contributed by atoms with Gasteiger partial charge in [0.1, 0.15) is 11.6 Å². The number of carbonyl (C=O) groups excluding carboxylic acids is 1. The van der Waals surface area contributed by atoms with Crippen molar-refractivity contribution in [2.75, 3.05) is 7.11 Å². The molecule has 0 saturated heterocycles. The molecule has 0 N–H and O–H groups in total. The predicted molar refractivity (Wildman–Crippen MR) is 50.7 cm³/mol. The molecule has 0 aliphatic carbocycles. The maximum atomic E-state index is 13.2. The molecule has 1 aromatic rings. The first-order valence-electron chi connectivity index (χ1n) is 4.00. The zero-order valence-electron chi connectivity index (χ0n) is 7.71. The van der Waals surface area contributed by atoms with Crippen LogP contribution in [0.1, 0.15) is 16.8 Å². The van der Waals surface area contributed by atoms with Gasteiger partial charge in [-0.2, -0.15) is 0 Å². The van der Waals surface area contributed by atoms with E-state index < -0.39 is 11.6 Å². The summed E-state index contributed by atoms with van der Waals surface area (Å²) in [5, 5.41) is 0. The van der Waals surface area contributed by atoms with Crippen LogP contribution in [-0.2, 0) is 0 Å². The molecule has 0 aliphatic rings. The summed E-state index contributed by atoms with van der Waals surface area (Å²) in [6, 6.07) is 4.19. The molecular weight excluding hydrogens is 183 g/mol. The highest BCUT2D eigenvalue weighted by Crippen LogP contribution is 2.22. The summed E-state index contributed by atoms with van der Waals surface area (Å²) in [5.74, 6) is 1.34. The number of Topliss-reactive ketones (excluding diaryl/α,β-unsaturated/α-hetero) is 1. The predicted octanol–water partition coefficient (Wildman–Crippen LogP) is 2.04. The number of rotatable bonds is 3. The Labute approximate surface area is 81.7 Å². The molecule has 14 heavy (non-hydrogen) atoms. The summed E-state index contributed by atoms with van der Waals surface area (Å²) in [6.07, 6.45) is 4.85. The van der Waals surface area contributed by atoms with Crippen LogP contribution in [0, 0.1) is 18.2 Å². The molecule has 72 valence electrons. The van der Waals surface area contributed by atoms with Gasteiger partial charge in [-0.1, -0.05) is 12.0 Å². The van der Waals surface area contributed by atoms with Crippen molar-refractivity contribution in [1.82, 2.24) is 0 Å². The number of ether oxygens (including phenoxy) is 1. The maximum absolute atomic E-state index is 13.2. The molecule has 0 spiro atoms. The molecule has 0 unspecified atom stereocenters. The van der Waals surface area contributed by atoms with Crippen LogP contribution >= 0.6 is 0 Å². The maximum Gasteiger partial charge on any atom is 0.181 e. The van der Waals surface area contributed by atoms with Gasteiger partial charge in [-0.15, -0.1) is 6.42 Å². The Morgan fingerprint density at radius 3 is 2.93 bits per heavy atom. The van der Waals surface area contributed by atoms with E-state index >= 15 is 0 Å². The first-order valence-corrected chi connectivity index (χ1v) is 4.00. The van der Waals surface area contributed by atoms with Crippen LogP contribution in [0.2, 0.25) is 0 Å². The van der Waals surface area contributed by atoms with Gasteiger partial charge < -0.3 is 4.74 Å². The Morgan fingerprint density at radius 2 is 2.36 bits per heavy atom. The molecule has 2 nitrogen and oxygen atoms in total. The molecule has 0 bridgehead atoms.